The number of halogens is 2. The number of hydrogen-bond donors (Lipinski definition) is 1. The second kappa shape index (κ2) is 14.5. The number of fused-ring (bicyclic) bond motifs is 3. The number of benzene rings is 1. The largest absolute Gasteiger partial charge is 0.495 e. The van der Waals surface area contributed by atoms with E-state index in [0.717, 1.165) is 35.3 Å². The molecular weight excluding hydrogens is 751 g/mol. The minimum atomic E-state index is -2.82. The lowest BCUT2D eigenvalue weighted by Gasteiger charge is -2.36. The van der Waals surface area contributed by atoms with Gasteiger partial charge in [-0.15, -0.1) is 0 Å². The van der Waals surface area contributed by atoms with Crippen LogP contribution < -0.4 is 19.9 Å². The predicted molar refractivity (Wildman–Crippen MR) is 208 cm³/mol. The molecule has 1 atom stereocenters. The van der Waals surface area contributed by atoms with Crippen LogP contribution in [0.2, 0.25) is 0 Å². The van der Waals surface area contributed by atoms with Crippen molar-refractivity contribution in [3.8, 4) is 16.9 Å². The van der Waals surface area contributed by atoms with Gasteiger partial charge in [0.2, 0.25) is 17.7 Å². The zero-order valence-electron chi connectivity index (χ0n) is 32.3. The smallest absolute Gasteiger partial charge is 0.264 e. The first-order valence-electron chi connectivity index (χ1n) is 19.4. The normalized spacial score (nSPS) is 18.6. The van der Waals surface area contributed by atoms with Crippen molar-refractivity contribution < 1.29 is 32.7 Å². The zero-order valence-corrected chi connectivity index (χ0v) is 32.3. The van der Waals surface area contributed by atoms with Crippen molar-refractivity contribution in [1.82, 2.24) is 39.3 Å². The molecule has 5 aromatic rings. The zero-order chi connectivity index (χ0) is 40.4. The number of imide groups is 1. The molecule has 0 saturated carbocycles. The number of aromatic nitrogens is 5. The number of anilines is 3. The Morgan fingerprint density at radius 1 is 0.983 bits per heavy atom. The van der Waals surface area contributed by atoms with E-state index in [1.54, 1.807) is 56.9 Å². The number of carbonyl (C=O) groups is 4. The average molecular weight is 793 g/mol. The highest BCUT2D eigenvalue weighted by Crippen LogP contribution is 2.42. The molecule has 8 heterocycles. The van der Waals surface area contributed by atoms with E-state index in [1.165, 1.54) is 26.3 Å². The Kier molecular flexibility index (Phi) is 9.32. The Bertz CT molecular complexity index is 2490. The summed E-state index contributed by atoms with van der Waals surface area (Å²) in [7, 11) is 3.24. The summed E-state index contributed by atoms with van der Waals surface area (Å²) in [5.74, 6) is 0.199. The molecule has 300 valence electrons. The summed E-state index contributed by atoms with van der Waals surface area (Å²) in [5, 5.41) is 7.52. The fourth-order valence-electron chi connectivity index (χ4n) is 8.96. The Balaban J connectivity index is 0.991. The molecule has 17 heteroatoms. The summed E-state index contributed by atoms with van der Waals surface area (Å²) in [4.78, 5) is 66.9. The lowest BCUT2D eigenvalue weighted by molar-refractivity contribution is -0.137. The van der Waals surface area contributed by atoms with Gasteiger partial charge < -0.3 is 28.7 Å². The molecule has 2 fully saturated rings. The highest BCUT2D eigenvalue weighted by molar-refractivity contribution is 6.06. The van der Waals surface area contributed by atoms with E-state index in [2.05, 4.69) is 24.9 Å². The fraction of sp³-hybridized carbons (Fsp3) is 0.390. The van der Waals surface area contributed by atoms with Gasteiger partial charge in [0.25, 0.3) is 12.3 Å². The summed E-state index contributed by atoms with van der Waals surface area (Å²) in [6, 6.07) is 8.09. The molecule has 15 nitrogen and oxygen atoms in total. The van der Waals surface area contributed by atoms with Gasteiger partial charge in [-0.2, -0.15) is 5.10 Å². The summed E-state index contributed by atoms with van der Waals surface area (Å²) in [6.07, 6.45) is 6.25. The van der Waals surface area contributed by atoms with Crippen molar-refractivity contribution in [2.45, 2.75) is 70.6 Å². The number of amides is 4. The second-order valence-electron chi connectivity index (χ2n) is 15.2. The summed E-state index contributed by atoms with van der Waals surface area (Å²) < 4.78 is 39.1. The molecule has 2 saturated heterocycles. The third kappa shape index (κ3) is 6.28. The van der Waals surface area contributed by atoms with Gasteiger partial charge in [0.15, 0.2) is 5.82 Å². The number of imidazole rings is 1. The van der Waals surface area contributed by atoms with Gasteiger partial charge in [-0.25, -0.2) is 18.7 Å². The molecule has 0 spiro atoms. The second-order valence-corrected chi connectivity index (χ2v) is 15.2. The summed E-state index contributed by atoms with van der Waals surface area (Å²) >= 11 is 0. The van der Waals surface area contributed by atoms with E-state index in [9.17, 15) is 28.0 Å². The van der Waals surface area contributed by atoms with Crippen LogP contribution in [-0.2, 0) is 33.9 Å². The summed E-state index contributed by atoms with van der Waals surface area (Å²) in [5.41, 5.74) is 5.30. The van der Waals surface area contributed by atoms with Crippen LogP contribution >= 0.6 is 0 Å². The van der Waals surface area contributed by atoms with Crippen molar-refractivity contribution in [1.29, 1.82) is 0 Å². The van der Waals surface area contributed by atoms with E-state index in [0.29, 0.717) is 73.9 Å². The lowest BCUT2D eigenvalue weighted by atomic mass is 10.00. The molecule has 4 aromatic heterocycles. The molecular formula is C41H42F2N10O5. The van der Waals surface area contributed by atoms with E-state index in [4.69, 9.17) is 9.84 Å². The SMILES string of the molecule is COc1cn2ccnc2cc1-c1cnc(N(C)c2nn(C3CCN(c4cccc5c4CN(C4CCC(=O)NC4=O)C5=O)CC3)c3c2CN(C(C)=O)CC3)cc1C(F)F. The number of hydrogen-bond acceptors (Lipinski definition) is 10. The number of methoxy groups -OCH3 is 1. The number of nitrogens with one attached hydrogen (secondary N) is 1. The van der Waals surface area contributed by atoms with Gasteiger partial charge >= 0.3 is 0 Å². The van der Waals surface area contributed by atoms with Crippen molar-refractivity contribution in [2.24, 2.45) is 0 Å². The number of piperidine rings is 2. The van der Waals surface area contributed by atoms with Crippen LogP contribution in [0.3, 0.4) is 0 Å². The highest BCUT2D eigenvalue weighted by Gasteiger charge is 2.41. The molecule has 4 aliphatic heterocycles. The highest BCUT2D eigenvalue weighted by atomic mass is 19.3. The van der Waals surface area contributed by atoms with E-state index in [-0.39, 0.29) is 47.1 Å². The fourth-order valence-corrected chi connectivity index (χ4v) is 8.96. The number of rotatable bonds is 8. The molecule has 1 unspecified atom stereocenters. The molecule has 1 N–H and O–H groups in total. The third-order valence-corrected chi connectivity index (χ3v) is 12.0. The minimum absolute atomic E-state index is 0.0198. The van der Waals surface area contributed by atoms with Crippen molar-refractivity contribution in [3.63, 3.8) is 0 Å². The molecule has 4 amide bonds. The Morgan fingerprint density at radius 2 is 1.79 bits per heavy atom. The maximum absolute atomic E-state index is 14.9. The standard InChI is InChI=1S/C41H42F2N10O5/c1-23(54)50-15-11-32-30(20-50)39(48(2)35-18-27(38(42)43)28(19-45-35)26-17-36-44-12-16-51(36)22-34(26)58-3)47-53(32)24-9-13-49(14-10-24)31-6-4-5-25-29(31)21-52(41(25)57)33-7-8-37(55)46-40(33)56/h4-6,12,16-19,22,24,33,38H,7-11,13-15,20-21H2,1-3H3,(H,46,55,56). The molecule has 9 rings (SSSR count). The molecule has 0 radical (unpaired) electrons. The Labute approximate surface area is 332 Å². The number of ether oxygens (including phenoxy) is 1. The molecule has 0 bridgehead atoms. The molecule has 0 aliphatic carbocycles. The van der Waals surface area contributed by atoms with Crippen LogP contribution in [0.1, 0.15) is 77.8 Å². The first-order chi connectivity index (χ1) is 28.0. The first-order valence-corrected chi connectivity index (χ1v) is 19.4. The van der Waals surface area contributed by atoms with Gasteiger partial charge in [0.1, 0.15) is 23.3 Å². The van der Waals surface area contributed by atoms with E-state index >= 15 is 0 Å². The van der Waals surface area contributed by atoms with Gasteiger partial charge in [-0.3, -0.25) is 29.2 Å². The number of alkyl halides is 2. The predicted octanol–water partition coefficient (Wildman–Crippen LogP) is 4.81. The average Bonchev–Trinajstić information content (AvgIpc) is 3.95. The first kappa shape index (κ1) is 37.2. The summed E-state index contributed by atoms with van der Waals surface area (Å²) in [6.45, 7) is 4.06. The van der Waals surface area contributed by atoms with Crippen LogP contribution in [0.4, 0.5) is 26.1 Å². The maximum Gasteiger partial charge on any atom is 0.264 e. The van der Waals surface area contributed by atoms with Crippen LogP contribution in [0, 0.1) is 0 Å². The Morgan fingerprint density at radius 3 is 2.53 bits per heavy atom. The number of nitrogens with zero attached hydrogens (tertiary/aromatic N) is 9. The van der Waals surface area contributed by atoms with Crippen LogP contribution in [-0.4, -0.2) is 97.4 Å². The van der Waals surface area contributed by atoms with Crippen LogP contribution in [0.15, 0.2) is 55.1 Å². The van der Waals surface area contributed by atoms with Crippen molar-refractivity contribution in [3.05, 3.63) is 83.1 Å². The van der Waals surface area contributed by atoms with Gasteiger partial charge in [-0.1, -0.05) is 6.07 Å². The molecule has 58 heavy (non-hydrogen) atoms. The third-order valence-electron chi connectivity index (χ3n) is 12.0. The van der Waals surface area contributed by atoms with Crippen molar-refractivity contribution >= 4 is 46.6 Å². The maximum atomic E-state index is 14.9. The topological polar surface area (TPSA) is 151 Å². The van der Waals surface area contributed by atoms with Gasteiger partial charge in [0.05, 0.1) is 25.9 Å². The van der Waals surface area contributed by atoms with Gasteiger partial charge in [-0.05, 0) is 43.5 Å². The van der Waals surface area contributed by atoms with E-state index < -0.39 is 18.4 Å². The number of carbonyl (C=O) groups excluding carboxylic acids is 4. The monoisotopic (exact) mass is 792 g/mol. The van der Waals surface area contributed by atoms with Gasteiger partial charge in [0, 0.05) is 116 Å². The van der Waals surface area contributed by atoms with E-state index in [1.807, 2.05) is 12.1 Å². The minimum Gasteiger partial charge on any atom is -0.495 e. The number of pyridine rings is 2. The lowest BCUT2D eigenvalue weighted by Crippen LogP contribution is -2.52. The van der Waals surface area contributed by atoms with Crippen LogP contribution in [0.5, 0.6) is 5.75 Å². The molecule has 1 aromatic carbocycles. The van der Waals surface area contributed by atoms with Crippen LogP contribution in [0.25, 0.3) is 16.8 Å². The Hall–Kier alpha value is -6.39. The van der Waals surface area contributed by atoms with Crippen molar-refractivity contribution in [2.75, 3.05) is 43.6 Å². The quantitative estimate of drug-likeness (QED) is 0.217. The molecule has 4 aliphatic rings.